The van der Waals surface area contributed by atoms with Crippen molar-refractivity contribution in [2.24, 2.45) is 0 Å². The Morgan fingerprint density at radius 1 is 1.41 bits per heavy atom. The van der Waals surface area contributed by atoms with E-state index >= 15 is 0 Å². The molecule has 0 aliphatic rings. The van der Waals surface area contributed by atoms with Gasteiger partial charge < -0.3 is 10.2 Å². The minimum atomic E-state index is -0.138. The highest BCUT2D eigenvalue weighted by Crippen LogP contribution is 2.17. The Balaban J connectivity index is 2.40. The van der Waals surface area contributed by atoms with Crippen LogP contribution >= 0.6 is 0 Å². The molecule has 0 fully saturated rings. The number of aromatic nitrogens is 1. The van der Waals surface area contributed by atoms with Crippen LogP contribution in [-0.4, -0.2) is 10.9 Å². The van der Waals surface area contributed by atoms with Gasteiger partial charge in [-0.25, -0.2) is 11.6 Å². The van der Waals surface area contributed by atoms with Crippen molar-refractivity contribution in [1.82, 2.24) is 4.98 Å². The van der Waals surface area contributed by atoms with E-state index < -0.39 is 0 Å². The van der Waals surface area contributed by atoms with Crippen molar-refractivity contribution in [2.75, 3.05) is 5.32 Å². The first-order chi connectivity index (χ1) is 8.19. The van der Waals surface area contributed by atoms with Crippen LogP contribution in [0.1, 0.15) is 12.5 Å². The molecule has 1 aromatic heterocycles. The standard InChI is InChI=1S/C13H11N3O/c1-9(17)15-13-6-4-11-7-10(8-14-2)3-5-12(11)16-13/h3-7H,8H2,1H3,(H,15,16,17). The molecular formula is C13H11N3O. The van der Waals surface area contributed by atoms with Crippen molar-refractivity contribution in [3.05, 3.63) is 47.3 Å². The molecule has 0 atom stereocenters. The lowest BCUT2D eigenvalue weighted by molar-refractivity contribution is -0.114. The number of pyridine rings is 1. The topological polar surface area (TPSA) is 46.4 Å². The fourth-order valence-corrected chi connectivity index (χ4v) is 1.61. The molecule has 0 spiro atoms. The summed E-state index contributed by atoms with van der Waals surface area (Å²) in [5, 5.41) is 3.61. The molecule has 0 radical (unpaired) electrons. The van der Waals surface area contributed by atoms with Crippen LogP contribution in [0.3, 0.4) is 0 Å². The zero-order valence-corrected chi connectivity index (χ0v) is 9.40. The Morgan fingerprint density at radius 2 is 2.24 bits per heavy atom. The fraction of sp³-hybridized carbons (Fsp3) is 0.154. The SMILES string of the molecule is [C-]#[N+]Cc1ccc2nc(NC(C)=O)ccc2c1. The third-order valence-corrected chi connectivity index (χ3v) is 2.32. The van der Waals surface area contributed by atoms with Gasteiger partial charge in [-0.05, 0) is 30.3 Å². The molecule has 2 aromatic rings. The summed E-state index contributed by atoms with van der Waals surface area (Å²) in [5.74, 6) is 0.407. The van der Waals surface area contributed by atoms with Gasteiger partial charge in [-0.1, -0.05) is 0 Å². The van der Waals surface area contributed by atoms with Crippen molar-refractivity contribution in [2.45, 2.75) is 13.5 Å². The van der Waals surface area contributed by atoms with Gasteiger partial charge in [-0.2, -0.15) is 0 Å². The van der Waals surface area contributed by atoms with Gasteiger partial charge in [0.15, 0.2) is 0 Å². The first-order valence-electron chi connectivity index (χ1n) is 5.19. The van der Waals surface area contributed by atoms with Gasteiger partial charge in [0, 0.05) is 17.9 Å². The number of fused-ring (bicyclic) bond motifs is 1. The highest BCUT2D eigenvalue weighted by atomic mass is 16.1. The van der Waals surface area contributed by atoms with Crippen LogP contribution in [0.25, 0.3) is 15.7 Å². The number of hydrogen-bond acceptors (Lipinski definition) is 2. The van der Waals surface area contributed by atoms with Gasteiger partial charge in [0.05, 0.1) is 5.52 Å². The number of rotatable bonds is 2. The van der Waals surface area contributed by atoms with E-state index in [4.69, 9.17) is 6.57 Å². The first kappa shape index (κ1) is 11.1. The summed E-state index contributed by atoms with van der Waals surface area (Å²) < 4.78 is 0. The van der Waals surface area contributed by atoms with Crippen molar-refractivity contribution < 1.29 is 4.79 Å². The molecule has 0 aliphatic heterocycles. The zero-order valence-electron chi connectivity index (χ0n) is 9.40. The van der Waals surface area contributed by atoms with Crippen LogP contribution in [0.5, 0.6) is 0 Å². The second kappa shape index (κ2) is 4.62. The zero-order chi connectivity index (χ0) is 12.3. The van der Waals surface area contributed by atoms with E-state index in [1.807, 2.05) is 24.3 Å². The van der Waals surface area contributed by atoms with Gasteiger partial charge in [0.25, 0.3) is 0 Å². The molecule has 0 saturated carbocycles. The maximum absolute atomic E-state index is 10.9. The van der Waals surface area contributed by atoms with Crippen LogP contribution < -0.4 is 5.32 Å². The van der Waals surface area contributed by atoms with Gasteiger partial charge >= 0.3 is 0 Å². The summed E-state index contributed by atoms with van der Waals surface area (Å²) in [7, 11) is 0. The molecular weight excluding hydrogens is 214 g/mol. The maximum Gasteiger partial charge on any atom is 0.239 e. The maximum atomic E-state index is 10.9. The van der Waals surface area contributed by atoms with Crippen molar-refractivity contribution in [1.29, 1.82) is 0 Å². The molecule has 2 rings (SSSR count). The molecule has 17 heavy (non-hydrogen) atoms. The number of anilines is 1. The van der Waals surface area contributed by atoms with Gasteiger partial charge in [-0.15, -0.1) is 0 Å². The lowest BCUT2D eigenvalue weighted by Gasteiger charge is -2.03. The molecule has 1 aromatic carbocycles. The summed E-state index contributed by atoms with van der Waals surface area (Å²) in [6.45, 7) is 8.65. The lowest BCUT2D eigenvalue weighted by Crippen LogP contribution is -2.07. The molecule has 1 N–H and O–H groups in total. The second-order valence-corrected chi connectivity index (χ2v) is 3.72. The molecule has 4 heteroatoms. The summed E-state index contributed by atoms with van der Waals surface area (Å²) in [6, 6.07) is 9.33. The lowest BCUT2D eigenvalue weighted by atomic mass is 10.1. The number of benzene rings is 1. The normalized spacial score (nSPS) is 9.88. The van der Waals surface area contributed by atoms with Crippen LogP contribution in [0.15, 0.2) is 30.3 Å². The summed E-state index contributed by atoms with van der Waals surface area (Å²) in [6.07, 6.45) is 0. The minimum absolute atomic E-state index is 0.138. The predicted molar refractivity (Wildman–Crippen MR) is 66.4 cm³/mol. The van der Waals surface area contributed by atoms with E-state index in [0.29, 0.717) is 12.4 Å². The third kappa shape index (κ3) is 2.58. The van der Waals surface area contributed by atoms with E-state index in [-0.39, 0.29) is 5.91 Å². The minimum Gasteiger partial charge on any atom is -0.312 e. The molecule has 4 nitrogen and oxygen atoms in total. The predicted octanol–water partition coefficient (Wildman–Crippen LogP) is 2.61. The van der Waals surface area contributed by atoms with E-state index in [0.717, 1.165) is 16.5 Å². The summed E-state index contributed by atoms with van der Waals surface area (Å²) in [5.41, 5.74) is 1.78. The smallest absolute Gasteiger partial charge is 0.239 e. The summed E-state index contributed by atoms with van der Waals surface area (Å²) in [4.78, 5) is 18.6. The number of carbonyl (C=O) groups is 1. The first-order valence-corrected chi connectivity index (χ1v) is 5.19. The van der Waals surface area contributed by atoms with Crippen LogP contribution in [0.4, 0.5) is 5.82 Å². The van der Waals surface area contributed by atoms with E-state index in [9.17, 15) is 4.79 Å². The van der Waals surface area contributed by atoms with Crippen molar-refractivity contribution >= 4 is 22.6 Å². The highest BCUT2D eigenvalue weighted by molar-refractivity contribution is 5.89. The fourth-order valence-electron chi connectivity index (χ4n) is 1.61. The number of nitrogens with one attached hydrogen (secondary N) is 1. The number of nitrogens with zero attached hydrogens (tertiary/aromatic N) is 2. The van der Waals surface area contributed by atoms with Gasteiger partial charge in [-0.3, -0.25) is 4.79 Å². The number of amides is 1. The van der Waals surface area contributed by atoms with E-state index in [2.05, 4.69) is 15.1 Å². The quantitative estimate of drug-likeness (QED) is 0.798. The molecule has 1 heterocycles. The second-order valence-electron chi connectivity index (χ2n) is 3.72. The molecule has 0 unspecified atom stereocenters. The average molecular weight is 225 g/mol. The third-order valence-electron chi connectivity index (χ3n) is 2.32. The van der Waals surface area contributed by atoms with Gasteiger partial charge in [0.2, 0.25) is 12.5 Å². The average Bonchev–Trinajstić information content (AvgIpc) is 2.29. The van der Waals surface area contributed by atoms with E-state index in [1.54, 1.807) is 6.07 Å². The van der Waals surface area contributed by atoms with Crippen LogP contribution in [0, 0.1) is 6.57 Å². The largest absolute Gasteiger partial charge is 0.312 e. The van der Waals surface area contributed by atoms with E-state index in [1.165, 1.54) is 6.92 Å². The number of carbonyl (C=O) groups excluding carboxylic acids is 1. The Bertz CT molecular complexity index is 614. The monoisotopic (exact) mass is 225 g/mol. The van der Waals surface area contributed by atoms with Crippen LogP contribution in [0.2, 0.25) is 0 Å². The molecule has 84 valence electrons. The Labute approximate surface area is 99.1 Å². The van der Waals surface area contributed by atoms with Gasteiger partial charge in [0.1, 0.15) is 5.82 Å². The van der Waals surface area contributed by atoms with Crippen molar-refractivity contribution in [3.8, 4) is 0 Å². The Kier molecular flexibility index (Phi) is 3.01. The highest BCUT2D eigenvalue weighted by Gasteiger charge is 2.02. The number of hydrogen-bond donors (Lipinski definition) is 1. The molecule has 1 amide bonds. The van der Waals surface area contributed by atoms with Crippen molar-refractivity contribution in [3.63, 3.8) is 0 Å². The molecule has 0 bridgehead atoms. The molecule has 0 saturated heterocycles. The van der Waals surface area contributed by atoms with Crippen LogP contribution in [-0.2, 0) is 11.3 Å². The Hall–Kier alpha value is -2.41. The Morgan fingerprint density at radius 3 is 2.94 bits per heavy atom. The summed E-state index contributed by atoms with van der Waals surface area (Å²) >= 11 is 0. The molecule has 0 aliphatic carbocycles.